The van der Waals surface area contributed by atoms with E-state index in [1.165, 1.54) is 6.07 Å². The quantitative estimate of drug-likeness (QED) is 0.906. The standard InChI is InChI=1S/C12H10ClN5OS/c1-2-15-12-18-17-11(20-12)10(19)16-9-4-3-7(6-14)5-8(9)13/h3-5H,2H2,1H3,(H,15,18)(H,16,19). The van der Waals surface area contributed by atoms with Gasteiger partial charge in [-0.05, 0) is 25.1 Å². The van der Waals surface area contributed by atoms with Crippen LogP contribution >= 0.6 is 22.9 Å². The Kier molecular flexibility index (Phi) is 4.50. The topological polar surface area (TPSA) is 90.7 Å². The minimum absolute atomic E-state index is 0.237. The van der Waals surface area contributed by atoms with E-state index in [1.807, 2.05) is 13.0 Å². The molecule has 0 saturated heterocycles. The van der Waals surface area contributed by atoms with Crippen LogP contribution in [0.2, 0.25) is 5.02 Å². The SMILES string of the molecule is CCNc1nnc(C(=O)Nc2ccc(C#N)cc2Cl)s1. The van der Waals surface area contributed by atoms with Gasteiger partial charge in [0.1, 0.15) is 0 Å². The monoisotopic (exact) mass is 307 g/mol. The number of carbonyl (C=O) groups excluding carboxylic acids is 1. The summed E-state index contributed by atoms with van der Waals surface area (Å²) >= 11 is 7.14. The van der Waals surface area contributed by atoms with E-state index in [1.54, 1.807) is 12.1 Å². The first kappa shape index (κ1) is 14.2. The molecule has 1 heterocycles. The Morgan fingerprint density at radius 1 is 1.50 bits per heavy atom. The van der Waals surface area contributed by atoms with Crippen molar-refractivity contribution in [2.24, 2.45) is 0 Å². The Hall–Kier alpha value is -2.17. The van der Waals surface area contributed by atoms with Crippen molar-refractivity contribution < 1.29 is 4.79 Å². The first-order valence-electron chi connectivity index (χ1n) is 5.72. The summed E-state index contributed by atoms with van der Waals surface area (Å²) in [6.07, 6.45) is 0. The zero-order chi connectivity index (χ0) is 14.5. The van der Waals surface area contributed by atoms with Crippen molar-refractivity contribution in [3.8, 4) is 6.07 Å². The van der Waals surface area contributed by atoms with Gasteiger partial charge in [-0.3, -0.25) is 4.79 Å². The predicted molar refractivity (Wildman–Crippen MR) is 78.2 cm³/mol. The molecule has 2 aromatic rings. The molecule has 1 aromatic carbocycles. The zero-order valence-corrected chi connectivity index (χ0v) is 12.0. The molecule has 0 spiro atoms. The highest BCUT2D eigenvalue weighted by molar-refractivity contribution is 7.17. The summed E-state index contributed by atoms with van der Waals surface area (Å²) in [5.74, 6) is -0.390. The van der Waals surface area contributed by atoms with Crippen LogP contribution in [0.4, 0.5) is 10.8 Å². The third kappa shape index (κ3) is 3.23. The van der Waals surface area contributed by atoms with E-state index in [0.29, 0.717) is 27.9 Å². The van der Waals surface area contributed by atoms with E-state index in [-0.39, 0.29) is 5.01 Å². The predicted octanol–water partition coefficient (Wildman–Crippen LogP) is 2.75. The number of benzene rings is 1. The molecule has 6 nitrogen and oxygen atoms in total. The molecule has 2 N–H and O–H groups in total. The van der Waals surface area contributed by atoms with Crippen LogP contribution in [0.25, 0.3) is 0 Å². The first-order chi connectivity index (χ1) is 9.63. The summed E-state index contributed by atoms with van der Waals surface area (Å²) in [6.45, 7) is 2.63. The number of carbonyl (C=O) groups is 1. The van der Waals surface area contributed by atoms with Crippen LogP contribution in [-0.4, -0.2) is 22.6 Å². The molecule has 1 amide bonds. The summed E-state index contributed by atoms with van der Waals surface area (Å²) in [5.41, 5.74) is 0.856. The van der Waals surface area contributed by atoms with Gasteiger partial charge >= 0.3 is 0 Å². The van der Waals surface area contributed by atoms with Crippen molar-refractivity contribution >= 4 is 39.7 Å². The smallest absolute Gasteiger partial charge is 0.286 e. The van der Waals surface area contributed by atoms with Gasteiger partial charge in [0, 0.05) is 6.54 Å². The largest absolute Gasteiger partial charge is 0.360 e. The normalized spacial score (nSPS) is 9.85. The van der Waals surface area contributed by atoms with E-state index >= 15 is 0 Å². The van der Waals surface area contributed by atoms with Gasteiger partial charge in [-0.1, -0.05) is 22.9 Å². The highest BCUT2D eigenvalue weighted by Crippen LogP contribution is 2.24. The van der Waals surface area contributed by atoms with Crippen LogP contribution < -0.4 is 10.6 Å². The molecule has 20 heavy (non-hydrogen) atoms. The lowest BCUT2D eigenvalue weighted by atomic mass is 10.2. The number of aromatic nitrogens is 2. The molecule has 0 aliphatic rings. The molecule has 0 saturated carbocycles. The number of halogens is 1. The second-order valence-electron chi connectivity index (χ2n) is 3.70. The fourth-order valence-electron chi connectivity index (χ4n) is 1.40. The van der Waals surface area contributed by atoms with E-state index in [2.05, 4.69) is 20.8 Å². The van der Waals surface area contributed by atoms with Crippen molar-refractivity contribution in [2.45, 2.75) is 6.92 Å². The first-order valence-corrected chi connectivity index (χ1v) is 6.92. The van der Waals surface area contributed by atoms with E-state index in [4.69, 9.17) is 16.9 Å². The maximum absolute atomic E-state index is 12.0. The molecule has 0 atom stereocenters. The molecule has 8 heteroatoms. The van der Waals surface area contributed by atoms with Crippen LogP contribution in [0.5, 0.6) is 0 Å². The molecule has 0 aliphatic heterocycles. The number of hydrogen-bond donors (Lipinski definition) is 2. The van der Waals surface area contributed by atoms with Gasteiger partial charge in [0.2, 0.25) is 10.1 Å². The zero-order valence-electron chi connectivity index (χ0n) is 10.5. The number of nitriles is 1. The van der Waals surface area contributed by atoms with Crippen molar-refractivity contribution in [2.75, 3.05) is 17.2 Å². The summed E-state index contributed by atoms with van der Waals surface area (Å²) in [4.78, 5) is 12.0. The summed E-state index contributed by atoms with van der Waals surface area (Å²) in [7, 11) is 0. The van der Waals surface area contributed by atoms with Gasteiger partial charge in [0.15, 0.2) is 0 Å². The lowest BCUT2D eigenvalue weighted by Crippen LogP contribution is -2.11. The van der Waals surface area contributed by atoms with Crippen LogP contribution in [0.15, 0.2) is 18.2 Å². The fourth-order valence-corrected chi connectivity index (χ4v) is 2.33. The Balaban J connectivity index is 2.13. The minimum atomic E-state index is -0.390. The minimum Gasteiger partial charge on any atom is -0.360 e. The molecule has 2 rings (SSSR count). The summed E-state index contributed by atoms with van der Waals surface area (Å²) in [6, 6.07) is 6.61. The van der Waals surface area contributed by atoms with Gasteiger partial charge in [0.25, 0.3) is 5.91 Å². The number of rotatable bonds is 4. The highest BCUT2D eigenvalue weighted by Gasteiger charge is 2.14. The number of nitrogens with one attached hydrogen (secondary N) is 2. The lowest BCUT2D eigenvalue weighted by molar-refractivity contribution is 0.102. The molecule has 1 aromatic heterocycles. The Morgan fingerprint density at radius 2 is 2.30 bits per heavy atom. The van der Waals surface area contributed by atoms with Crippen molar-refractivity contribution in [1.82, 2.24) is 10.2 Å². The highest BCUT2D eigenvalue weighted by atomic mass is 35.5. The van der Waals surface area contributed by atoms with Crippen LogP contribution in [0.1, 0.15) is 22.3 Å². The number of hydrogen-bond acceptors (Lipinski definition) is 6. The molecule has 0 unspecified atom stereocenters. The van der Waals surface area contributed by atoms with Crippen LogP contribution in [-0.2, 0) is 0 Å². The molecule has 102 valence electrons. The Bertz CT molecular complexity index is 679. The van der Waals surface area contributed by atoms with Gasteiger partial charge in [-0.25, -0.2) is 0 Å². The van der Waals surface area contributed by atoms with Crippen LogP contribution in [0.3, 0.4) is 0 Å². The molecule has 0 fully saturated rings. The maximum Gasteiger partial charge on any atom is 0.286 e. The van der Waals surface area contributed by atoms with Gasteiger partial charge in [0.05, 0.1) is 22.3 Å². The van der Waals surface area contributed by atoms with Crippen molar-refractivity contribution in [3.63, 3.8) is 0 Å². The number of nitrogens with zero attached hydrogens (tertiary/aromatic N) is 3. The number of anilines is 2. The summed E-state index contributed by atoms with van der Waals surface area (Å²) < 4.78 is 0. The maximum atomic E-state index is 12.0. The Morgan fingerprint density at radius 3 is 2.95 bits per heavy atom. The lowest BCUT2D eigenvalue weighted by Gasteiger charge is -2.05. The molecular weight excluding hydrogens is 298 g/mol. The molecule has 0 bridgehead atoms. The van der Waals surface area contributed by atoms with Crippen molar-refractivity contribution in [1.29, 1.82) is 5.26 Å². The third-order valence-corrected chi connectivity index (χ3v) is 3.49. The average Bonchev–Trinajstić information content (AvgIpc) is 2.90. The second kappa shape index (κ2) is 6.32. The number of amides is 1. The third-order valence-electron chi connectivity index (χ3n) is 2.29. The molecule has 0 radical (unpaired) electrons. The fraction of sp³-hybridized carbons (Fsp3) is 0.167. The van der Waals surface area contributed by atoms with Gasteiger partial charge in [-0.15, -0.1) is 10.2 Å². The Labute approximate surface area is 124 Å². The van der Waals surface area contributed by atoms with Crippen LogP contribution in [0, 0.1) is 11.3 Å². The van der Waals surface area contributed by atoms with E-state index in [9.17, 15) is 4.79 Å². The van der Waals surface area contributed by atoms with E-state index < -0.39 is 5.91 Å². The molecule has 0 aliphatic carbocycles. The van der Waals surface area contributed by atoms with Gasteiger partial charge in [-0.2, -0.15) is 5.26 Å². The van der Waals surface area contributed by atoms with Crippen molar-refractivity contribution in [3.05, 3.63) is 33.8 Å². The van der Waals surface area contributed by atoms with Gasteiger partial charge < -0.3 is 10.6 Å². The van der Waals surface area contributed by atoms with E-state index in [0.717, 1.165) is 11.3 Å². The average molecular weight is 308 g/mol. The summed E-state index contributed by atoms with van der Waals surface area (Å²) in [5, 5.41) is 23.1. The molecular formula is C12H10ClN5OS. The second-order valence-corrected chi connectivity index (χ2v) is 5.09.